The van der Waals surface area contributed by atoms with Crippen molar-refractivity contribution >= 4 is 12.2 Å². The molecule has 0 saturated heterocycles. The molecule has 1 rings (SSSR count). The predicted octanol–water partition coefficient (Wildman–Crippen LogP) is 1.30. The van der Waals surface area contributed by atoms with Crippen LogP contribution in [0.1, 0.15) is 18.7 Å². The minimum atomic E-state index is -0.0900. The molecular formula is C11H20N4OS. The molecule has 0 saturated carbocycles. The van der Waals surface area contributed by atoms with Gasteiger partial charge in [0.2, 0.25) is 0 Å². The van der Waals surface area contributed by atoms with Crippen molar-refractivity contribution in [1.82, 2.24) is 19.2 Å². The van der Waals surface area contributed by atoms with Gasteiger partial charge >= 0.3 is 0 Å². The molecule has 0 aliphatic heterocycles. The summed E-state index contributed by atoms with van der Waals surface area (Å²) in [5.41, 5.74) is 0. The summed E-state index contributed by atoms with van der Waals surface area (Å²) in [6.07, 6.45) is 4.01. The van der Waals surface area contributed by atoms with Crippen LogP contribution in [0.3, 0.4) is 0 Å². The quantitative estimate of drug-likeness (QED) is 0.454. The Balaban J connectivity index is 2.62. The number of nitrogens with zero attached hydrogens (tertiary/aromatic N) is 4. The van der Waals surface area contributed by atoms with Gasteiger partial charge in [0.05, 0.1) is 6.67 Å². The van der Waals surface area contributed by atoms with Crippen molar-refractivity contribution in [3.05, 3.63) is 23.3 Å². The lowest BCUT2D eigenvalue weighted by Crippen LogP contribution is -2.24. The van der Waals surface area contributed by atoms with Crippen LogP contribution in [0.15, 0.2) is 12.7 Å². The van der Waals surface area contributed by atoms with Crippen LogP contribution in [0.4, 0.5) is 0 Å². The average molecular weight is 256 g/mol. The maximum Gasteiger partial charge on any atom is 0.198 e. The third-order valence-electron chi connectivity index (χ3n) is 2.60. The van der Waals surface area contributed by atoms with Gasteiger partial charge in [-0.25, -0.2) is 4.68 Å². The maximum atomic E-state index is 9.10. The molecule has 0 aliphatic carbocycles. The van der Waals surface area contributed by atoms with Crippen molar-refractivity contribution in [2.75, 3.05) is 13.6 Å². The molecule has 5 nitrogen and oxygen atoms in total. The van der Waals surface area contributed by atoms with Crippen LogP contribution in [-0.2, 0) is 20.3 Å². The fraction of sp³-hybridized carbons (Fsp3) is 0.636. The van der Waals surface area contributed by atoms with Gasteiger partial charge in [0, 0.05) is 7.05 Å². The third-order valence-corrected chi connectivity index (χ3v) is 3.08. The van der Waals surface area contributed by atoms with Crippen LogP contribution in [0, 0.1) is 4.77 Å². The molecule has 1 aromatic heterocycles. The highest BCUT2D eigenvalue weighted by Gasteiger charge is 2.07. The van der Waals surface area contributed by atoms with Gasteiger partial charge in [0.15, 0.2) is 10.6 Å². The first kappa shape index (κ1) is 14.1. The van der Waals surface area contributed by atoms with Crippen molar-refractivity contribution in [1.29, 1.82) is 0 Å². The standard InChI is InChI=1S/C11H20N4OS/c1-4-5-6-7-13(2)9-15-11(17)14(3)10(8-16)12-15/h4,16H,1,5-9H2,2-3H3. The van der Waals surface area contributed by atoms with E-state index in [1.165, 1.54) is 0 Å². The van der Waals surface area contributed by atoms with E-state index in [0.29, 0.717) is 17.3 Å². The van der Waals surface area contributed by atoms with Crippen molar-refractivity contribution in [2.45, 2.75) is 26.1 Å². The summed E-state index contributed by atoms with van der Waals surface area (Å²) in [6.45, 7) is 5.22. The van der Waals surface area contributed by atoms with Gasteiger partial charge in [0.25, 0.3) is 0 Å². The summed E-state index contributed by atoms with van der Waals surface area (Å²) in [7, 11) is 3.84. The fourth-order valence-corrected chi connectivity index (χ4v) is 1.77. The first-order chi connectivity index (χ1) is 8.10. The zero-order valence-electron chi connectivity index (χ0n) is 10.5. The van der Waals surface area contributed by atoms with Gasteiger partial charge in [-0.2, -0.15) is 5.10 Å². The van der Waals surface area contributed by atoms with Crippen LogP contribution >= 0.6 is 12.2 Å². The Morgan fingerprint density at radius 3 is 2.82 bits per heavy atom. The molecule has 0 spiro atoms. The summed E-state index contributed by atoms with van der Waals surface area (Å²) in [6, 6.07) is 0. The Bertz CT molecular complexity index is 424. The number of allylic oxidation sites excluding steroid dienone is 1. The number of aliphatic hydroxyl groups is 1. The lowest BCUT2D eigenvalue weighted by atomic mass is 10.3. The highest BCUT2D eigenvalue weighted by Crippen LogP contribution is 2.01. The minimum absolute atomic E-state index is 0.0900. The van der Waals surface area contributed by atoms with Crippen molar-refractivity contribution in [3.8, 4) is 0 Å². The summed E-state index contributed by atoms with van der Waals surface area (Å²) < 4.78 is 4.09. The SMILES string of the molecule is C=CCCCN(C)Cn1nc(CO)n(C)c1=S. The van der Waals surface area contributed by atoms with Crippen molar-refractivity contribution in [2.24, 2.45) is 7.05 Å². The Kier molecular flexibility index (Phi) is 5.54. The molecule has 0 unspecified atom stereocenters. The number of rotatable bonds is 7. The monoisotopic (exact) mass is 256 g/mol. The number of hydrogen-bond acceptors (Lipinski definition) is 4. The molecule has 1 aromatic rings. The van der Waals surface area contributed by atoms with Gasteiger partial charge < -0.3 is 9.67 Å². The molecule has 0 aliphatic rings. The lowest BCUT2D eigenvalue weighted by Gasteiger charge is -2.15. The van der Waals surface area contributed by atoms with Crippen LogP contribution in [-0.4, -0.2) is 37.9 Å². The Morgan fingerprint density at radius 2 is 2.29 bits per heavy atom. The van der Waals surface area contributed by atoms with E-state index >= 15 is 0 Å². The van der Waals surface area contributed by atoms with Gasteiger partial charge in [-0.05, 0) is 38.7 Å². The van der Waals surface area contributed by atoms with Crippen LogP contribution in [0.5, 0.6) is 0 Å². The first-order valence-corrected chi connectivity index (χ1v) is 6.04. The zero-order chi connectivity index (χ0) is 12.8. The van der Waals surface area contributed by atoms with E-state index < -0.39 is 0 Å². The smallest absolute Gasteiger partial charge is 0.198 e. The molecule has 0 amide bonds. The number of hydrogen-bond donors (Lipinski definition) is 1. The molecule has 6 heteroatoms. The Morgan fingerprint density at radius 1 is 1.59 bits per heavy atom. The van der Waals surface area contributed by atoms with E-state index in [9.17, 15) is 0 Å². The van der Waals surface area contributed by atoms with Crippen LogP contribution in [0.2, 0.25) is 0 Å². The summed E-state index contributed by atoms with van der Waals surface area (Å²) >= 11 is 5.24. The highest BCUT2D eigenvalue weighted by atomic mass is 32.1. The van der Waals surface area contributed by atoms with E-state index in [-0.39, 0.29) is 6.61 Å². The Labute approximate surface area is 107 Å². The van der Waals surface area contributed by atoms with E-state index in [1.54, 1.807) is 9.25 Å². The van der Waals surface area contributed by atoms with E-state index in [4.69, 9.17) is 17.3 Å². The second-order valence-corrected chi connectivity index (χ2v) is 4.43. The molecule has 0 fully saturated rings. The molecular weight excluding hydrogens is 236 g/mol. The molecule has 0 radical (unpaired) electrons. The summed E-state index contributed by atoms with van der Waals surface area (Å²) in [4.78, 5) is 2.15. The summed E-state index contributed by atoms with van der Waals surface area (Å²) in [5, 5.41) is 13.4. The second kappa shape index (κ2) is 6.68. The van der Waals surface area contributed by atoms with E-state index in [1.807, 2.05) is 20.2 Å². The molecule has 17 heavy (non-hydrogen) atoms. The van der Waals surface area contributed by atoms with Crippen molar-refractivity contribution in [3.63, 3.8) is 0 Å². The largest absolute Gasteiger partial charge is 0.388 e. The number of aromatic nitrogens is 3. The van der Waals surface area contributed by atoms with E-state index in [0.717, 1.165) is 19.4 Å². The maximum absolute atomic E-state index is 9.10. The summed E-state index contributed by atoms with van der Waals surface area (Å²) in [5.74, 6) is 0.592. The van der Waals surface area contributed by atoms with Gasteiger partial charge in [0.1, 0.15) is 6.61 Å². The van der Waals surface area contributed by atoms with Gasteiger partial charge in [-0.1, -0.05) is 6.08 Å². The topological polar surface area (TPSA) is 46.2 Å². The van der Waals surface area contributed by atoms with Gasteiger partial charge in [-0.3, -0.25) is 4.90 Å². The van der Waals surface area contributed by atoms with Crippen LogP contribution < -0.4 is 0 Å². The first-order valence-electron chi connectivity index (χ1n) is 5.63. The lowest BCUT2D eigenvalue weighted by molar-refractivity contribution is 0.243. The average Bonchev–Trinajstić information content (AvgIpc) is 2.57. The Hall–Kier alpha value is -0.980. The van der Waals surface area contributed by atoms with Gasteiger partial charge in [-0.15, -0.1) is 6.58 Å². The normalized spacial score (nSPS) is 11.1. The third kappa shape index (κ3) is 3.76. The predicted molar refractivity (Wildman–Crippen MR) is 70.0 cm³/mol. The fourth-order valence-electron chi connectivity index (χ4n) is 1.57. The van der Waals surface area contributed by atoms with Crippen molar-refractivity contribution < 1.29 is 5.11 Å². The molecule has 0 atom stereocenters. The zero-order valence-corrected chi connectivity index (χ0v) is 11.3. The van der Waals surface area contributed by atoms with E-state index in [2.05, 4.69) is 16.6 Å². The van der Waals surface area contributed by atoms with Crippen LogP contribution in [0.25, 0.3) is 0 Å². The molecule has 96 valence electrons. The minimum Gasteiger partial charge on any atom is -0.388 e. The molecule has 0 bridgehead atoms. The number of unbranched alkanes of at least 4 members (excludes halogenated alkanes) is 1. The molecule has 0 aromatic carbocycles. The molecule has 1 heterocycles. The molecule has 1 N–H and O–H groups in total. The highest BCUT2D eigenvalue weighted by molar-refractivity contribution is 7.71. The number of aliphatic hydroxyl groups excluding tert-OH is 1. The second-order valence-electron chi connectivity index (χ2n) is 4.07.